The molecule has 1 heterocycles. The number of aromatic hydroxyl groups is 1. The molecule has 4 N–H and O–H groups in total. The molecule has 8 nitrogen and oxygen atoms in total. The molecule has 2 aromatic rings. The van der Waals surface area contributed by atoms with Crippen LogP contribution in [0.3, 0.4) is 0 Å². The van der Waals surface area contributed by atoms with Crippen LogP contribution in [0.2, 0.25) is 0 Å². The van der Waals surface area contributed by atoms with E-state index in [1.54, 1.807) is 51.1 Å². The average Bonchev–Trinajstić information content (AvgIpc) is 3.59. The number of carbonyl (C=O) groups is 3. The molecule has 1 aliphatic heterocycles. The standard InChI is InChI=1S/C31H39F2N3O5/c1-7-18(3)34-27(40)24-29(5,6)31(32,33)16-36(24)28(41)25(38)30(15-22(30)20-11-9-8-10-12-20)35-26(39)21-13-17(2)14-23(37)19(21)4/h8-14,18,22,24-25,37-38H,7,15-16H2,1-6H3,(H,34,40)(H,35,39)/t18-,22?,24?,25-,30?/m1/s1. The largest absolute Gasteiger partial charge is 0.508 e. The average molecular weight is 572 g/mol. The number of halogens is 2. The van der Waals surface area contributed by atoms with Gasteiger partial charge in [0.15, 0.2) is 6.10 Å². The van der Waals surface area contributed by atoms with Crippen LogP contribution in [0, 0.1) is 19.3 Å². The van der Waals surface area contributed by atoms with Gasteiger partial charge in [-0.25, -0.2) is 8.78 Å². The number of phenols is 1. The molecule has 2 fully saturated rings. The number of phenolic OH excluding ortho intramolecular Hbond substituents is 1. The van der Waals surface area contributed by atoms with Crippen molar-refractivity contribution in [2.24, 2.45) is 5.41 Å². The van der Waals surface area contributed by atoms with Gasteiger partial charge in [-0.1, -0.05) is 51.1 Å². The van der Waals surface area contributed by atoms with Crippen LogP contribution in [-0.2, 0) is 9.59 Å². The van der Waals surface area contributed by atoms with Crippen LogP contribution in [0.4, 0.5) is 8.78 Å². The van der Waals surface area contributed by atoms with Gasteiger partial charge in [-0.3, -0.25) is 14.4 Å². The molecule has 0 spiro atoms. The molecule has 2 aliphatic rings. The summed E-state index contributed by atoms with van der Waals surface area (Å²) in [6.07, 6.45) is -1.18. The smallest absolute Gasteiger partial charge is 0.272 e. The van der Waals surface area contributed by atoms with E-state index >= 15 is 8.78 Å². The fourth-order valence-electron chi connectivity index (χ4n) is 5.82. The molecular formula is C31H39F2N3O5. The Morgan fingerprint density at radius 3 is 2.37 bits per heavy atom. The predicted molar refractivity (Wildman–Crippen MR) is 150 cm³/mol. The summed E-state index contributed by atoms with van der Waals surface area (Å²) in [6.45, 7) is 8.31. The van der Waals surface area contributed by atoms with E-state index in [4.69, 9.17) is 0 Å². The van der Waals surface area contributed by atoms with Gasteiger partial charge in [-0.2, -0.15) is 0 Å². The van der Waals surface area contributed by atoms with E-state index in [-0.39, 0.29) is 23.8 Å². The van der Waals surface area contributed by atoms with Gasteiger partial charge in [0.25, 0.3) is 17.7 Å². The van der Waals surface area contributed by atoms with E-state index in [0.29, 0.717) is 17.5 Å². The Kier molecular flexibility index (Phi) is 7.94. The van der Waals surface area contributed by atoms with Crippen molar-refractivity contribution in [1.82, 2.24) is 15.5 Å². The Bertz CT molecular complexity index is 1350. The first-order valence-corrected chi connectivity index (χ1v) is 13.9. The second kappa shape index (κ2) is 10.7. The maximum atomic E-state index is 15.3. The first-order chi connectivity index (χ1) is 19.1. The number of hydrogen-bond donors (Lipinski definition) is 4. The first kappa shape index (κ1) is 30.4. The molecule has 0 radical (unpaired) electrons. The number of benzene rings is 2. The van der Waals surface area contributed by atoms with Gasteiger partial charge in [0, 0.05) is 23.1 Å². The Morgan fingerprint density at radius 1 is 1.12 bits per heavy atom. The van der Waals surface area contributed by atoms with Crippen molar-refractivity contribution in [3.63, 3.8) is 0 Å². The number of amides is 3. The van der Waals surface area contributed by atoms with Gasteiger partial charge in [-0.05, 0) is 56.9 Å². The molecule has 4 rings (SSSR count). The van der Waals surface area contributed by atoms with E-state index in [2.05, 4.69) is 10.6 Å². The molecule has 222 valence electrons. The van der Waals surface area contributed by atoms with E-state index < -0.39 is 59.2 Å². The van der Waals surface area contributed by atoms with E-state index in [9.17, 15) is 24.6 Å². The second-order valence-electron chi connectivity index (χ2n) is 12.1. The van der Waals surface area contributed by atoms with Crippen molar-refractivity contribution in [1.29, 1.82) is 0 Å². The fraction of sp³-hybridized carbons (Fsp3) is 0.516. The molecule has 1 aliphatic carbocycles. The summed E-state index contributed by atoms with van der Waals surface area (Å²) in [5.74, 6) is -6.37. The van der Waals surface area contributed by atoms with Gasteiger partial charge in [0.05, 0.1) is 17.5 Å². The highest BCUT2D eigenvalue weighted by atomic mass is 19.3. The molecule has 2 aromatic carbocycles. The van der Waals surface area contributed by atoms with Crippen molar-refractivity contribution in [2.45, 2.75) is 90.0 Å². The van der Waals surface area contributed by atoms with E-state index in [1.165, 1.54) is 19.9 Å². The number of aryl methyl sites for hydroxylation is 1. The summed E-state index contributed by atoms with van der Waals surface area (Å²) in [5.41, 5.74) is -1.54. The number of rotatable bonds is 8. The van der Waals surface area contributed by atoms with Crippen molar-refractivity contribution in [3.8, 4) is 5.75 Å². The minimum absolute atomic E-state index is 0.0760. The number of nitrogens with zero attached hydrogens (tertiary/aromatic N) is 1. The highest BCUT2D eigenvalue weighted by Crippen LogP contribution is 2.55. The molecule has 1 saturated heterocycles. The Morgan fingerprint density at radius 2 is 1.76 bits per heavy atom. The Balaban J connectivity index is 1.71. The lowest BCUT2D eigenvalue weighted by Gasteiger charge is -2.35. The van der Waals surface area contributed by atoms with Crippen LogP contribution in [0.1, 0.15) is 73.5 Å². The molecular weight excluding hydrogens is 532 g/mol. The third-order valence-corrected chi connectivity index (χ3v) is 8.88. The molecule has 0 bridgehead atoms. The Hall–Kier alpha value is -3.53. The molecule has 41 heavy (non-hydrogen) atoms. The van der Waals surface area contributed by atoms with E-state index in [0.717, 1.165) is 10.5 Å². The zero-order chi connectivity index (χ0) is 30.5. The van der Waals surface area contributed by atoms with E-state index in [1.807, 2.05) is 13.0 Å². The predicted octanol–water partition coefficient (Wildman–Crippen LogP) is 3.81. The molecule has 0 aromatic heterocycles. The SMILES string of the molecule is CC[C@@H](C)NC(=O)C1N(C(=O)[C@@H](O)C2(NC(=O)c3cc(C)cc(O)c3C)CC2c2ccccc2)CC(F)(F)C1(C)C. The summed E-state index contributed by atoms with van der Waals surface area (Å²) in [4.78, 5) is 41.5. The van der Waals surface area contributed by atoms with Crippen molar-refractivity contribution in [3.05, 3.63) is 64.7 Å². The number of nitrogens with one attached hydrogen (secondary N) is 2. The highest BCUT2D eigenvalue weighted by Gasteiger charge is 2.68. The van der Waals surface area contributed by atoms with Gasteiger partial charge in [0.1, 0.15) is 11.8 Å². The number of alkyl halides is 2. The highest BCUT2D eigenvalue weighted by molar-refractivity contribution is 5.99. The van der Waals surface area contributed by atoms with Crippen LogP contribution in [0.5, 0.6) is 5.75 Å². The van der Waals surface area contributed by atoms with Gasteiger partial charge in [0.2, 0.25) is 5.91 Å². The molecule has 10 heteroatoms. The monoisotopic (exact) mass is 571 g/mol. The maximum absolute atomic E-state index is 15.3. The van der Waals surface area contributed by atoms with Gasteiger partial charge >= 0.3 is 0 Å². The number of likely N-dealkylation sites (tertiary alicyclic amines) is 1. The van der Waals surface area contributed by atoms with Crippen molar-refractivity contribution >= 4 is 17.7 Å². The maximum Gasteiger partial charge on any atom is 0.272 e. The lowest BCUT2D eigenvalue weighted by molar-refractivity contribution is -0.149. The quantitative estimate of drug-likeness (QED) is 0.384. The summed E-state index contributed by atoms with van der Waals surface area (Å²) in [7, 11) is 0. The normalized spacial score (nSPS) is 25.7. The first-order valence-electron chi connectivity index (χ1n) is 13.9. The summed E-state index contributed by atoms with van der Waals surface area (Å²) in [5, 5.41) is 27.4. The fourth-order valence-corrected chi connectivity index (χ4v) is 5.82. The van der Waals surface area contributed by atoms with Crippen LogP contribution >= 0.6 is 0 Å². The van der Waals surface area contributed by atoms with Crippen LogP contribution in [-0.4, -0.2) is 69.0 Å². The zero-order valence-corrected chi connectivity index (χ0v) is 24.3. The van der Waals surface area contributed by atoms with Gasteiger partial charge in [-0.15, -0.1) is 0 Å². The minimum Gasteiger partial charge on any atom is -0.508 e. The molecule has 5 atom stereocenters. The summed E-state index contributed by atoms with van der Waals surface area (Å²) in [6, 6.07) is 10.2. The third-order valence-electron chi connectivity index (χ3n) is 8.88. The minimum atomic E-state index is -3.41. The van der Waals surface area contributed by atoms with Crippen molar-refractivity contribution in [2.75, 3.05) is 6.54 Å². The number of carbonyl (C=O) groups excluding carboxylic acids is 3. The summed E-state index contributed by atoms with van der Waals surface area (Å²) < 4.78 is 30.6. The number of aliphatic hydroxyl groups excluding tert-OH is 1. The molecule has 1 saturated carbocycles. The Labute approximate surface area is 239 Å². The van der Waals surface area contributed by atoms with Crippen molar-refractivity contribution < 1.29 is 33.4 Å². The third kappa shape index (κ3) is 5.29. The molecule has 3 unspecified atom stereocenters. The van der Waals surface area contributed by atoms with Gasteiger partial charge < -0.3 is 25.7 Å². The summed E-state index contributed by atoms with van der Waals surface area (Å²) >= 11 is 0. The number of aliphatic hydroxyl groups is 1. The van der Waals surface area contributed by atoms with Crippen LogP contribution in [0.15, 0.2) is 42.5 Å². The topological polar surface area (TPSA) is 119 Å². The zero-order valence-electron chi connectivity index (χ0n) is 24.3. The second-order valence-corrected chi connectivity index (χ2v) is 12.1. The van der Waals surface area contributed by atoms with Crippen LogP contribution in [0.25, 0.3) is 0 Å². The lowest BCUT2D eigenvalue weighted by atomic mass is 9.81. The molecule has 3 amide bonds. The lowest BCUT2D eigenvalue weighted by Crippen LogP contribution is -2.59. The van der Waals surface area contributed by atoms with Crippen LogP contribution < -0.4 is 10.6 Å². The number of hydrogen-bond acceptors (Lipinski definition) is 5.